The van der Waals surface area contributed by atoms with Gasteiger partial charge in [-0.05, 0) is 17.7 Å². The molecule has 1 rings (SSSR count). The molecule has 0 aromatic heterocycles. The van der Waals surface area contributed by atoms with Crippen molar-refractivity contribution in [3.05, 3.63) is 23.3 Å². The highest BCUT2D eigenvalue weighted by Crippen LogP contribution is 2.33. The molecule has 0 spiro atoms. The molecule has 2 atom stereocenters. The first-order valence-corrected chi connectivity index (χ1v) is 5.53. The molecule has 0 aliphatic rings. The van der Waals surface area contributed by atoms with Crippen molar-refractivity contribution in [2.24, 2.45) is 0 Å². The highest BCUT2D eigenvalue weighted by Gasteiger charge is 2.23. The lowest BCUT2D eigenvalue weighted by atomic mass is 9.97. The molecule has 0 heterocycles. The van der Waals surface area contributed by atoms with Gasteiger partial charge in [0.1, 0.15) is 6.10 Å². The van der Waals surface area contributed by atoms with Gasteiger partial charge in [0.2, 0.25) is 0 Å². The summed E-state index contributed by atoms with van der Waals surface area (Å²) in [5, 5.41) is 28.1. The zero-order chi connectivity index (χ0) is 14.4. The van der Waals surface area contributed by atoms with Crippen LogP contribution >= 0.6 is 0 Å². The summed E-state index contributed by atoms with van der Waals surface area (Å²) in [4.78, 5) is 11.0. The van der Waals surface area contributed by atoms with Gasteiger partial charge < -0.3 is 19.7 Å². The second kappa shape index (κ2) is 6.73. The predicted octanol–water partition coefficient (Wildman–Crippen LogP) is 0.824. The zero-order valence-corrected chi connectivity index (χ0v) is 10.7. The van der Waals surface area contributed by atoms with E-state index >= 15 is 0 Å². The molecule has 0 amide bonds. The smallest absolute Gasteiger partial charge is 0.161 e. The molecule has 0 aliphatic heterocycles. The molecule has 0 aliphatic carbocycles. The van der Waals surface area contributed by atoms with Crippen LogP contribution in [0.25, 0.3) is 0 Å². The van der Waals surface area contributed by atoms with Crippen molar-refractivity contribution in [3.8, 4) is 17.6 Å². The van der Waals surface area contributed by atoms with Crippen molar-refractivity contribution >= 4 is 6.29 Å². The summed E-state index contributed by atoms with van der Waals surface area (Å²) >= 11 is 0. The molecule has 6 heteroatoms. The Bertz CT molecular complexity index is 495. The van der Waals surface area contributed by atoms with Crippen LogP contribution in [0.1, 0.15) is 28.4 Å². The average molecular weight is 265 g/mol. The van der Waals surface area contributed by atoms with Crippen molar-refractivity contribution in [2.45, 2.75) is 18.6 Å². The van der Waals surface area contributed by atoms with Gasteiger partial charge in [0, 0.05) is 5.56 Å². The third-order valence-electron chi connectivity index (χ3n) is 2.70. The second-order valence-electron chi connectivity index (χ2n) is 3.83. The number of nitriles is 1. The summed E-state index contributed by atoms with van der Waals surface area (Å²) in [6, 6.07) is 4.57. The molecule has 2 unspecified atom stereocenters. The minimum Gasteiger partial charge on any atom is -0.493 e. The minimum atomic E-state index is -1.35. The van der Waals surface area contributed by atoms with Crippen molar-refractivity contribution in [2.75, 3.05) is 14.2 Å². The number of methoxy groups -OCH3 is 2. The number of aliphatic hydroxyl groups excluding tert-OH is 2. The van der Waals surface area contributed by atoms with Crippen LogP contribution < -0.4 is 9.47 Å². The summed E-state index contributed by atoms with van der Waals surface area (Å²) in [6.45, 7) is 0. The Labute approximate surface area is 110 Å². The molecule has 0 radical (unpaired) electrons. The molecule has 2 N–H and O–H groups in total. The van der Waals surface area contributed by atoms with Gasteiger partial charge in [-0.1, -0.05) is 0 Å². The normalized spacial score (nSPS) is 13.2. The van der Waals surface area contributed by atoms with Crippen molar-refractivity contribution < 1.29 is 24.5 Å². The van der Waals surface area contributed by atoms with E-state index in [0.29, 0.717) is 17.8 Å². The third kappa shape index (κ3) is 3.22. The summed E-state index contributed by atoms with van der Waals surface area (Å²) in [6.07, 6.45) is -2.32. The number of hydrogen-bond acceptors (Lipinski definition) is 6. The maximum absolute atomic E-state index is 11.0. The standard InChI is InChI=1S/C13H15NO5/c1-18-11-5-8(7-15)9(6-12(11)19-2)13(17)10(16)3-4-14/h5-7,10,13,16-17H,3H2,1-2H3. The summed E-state index contributed by atoms with van der Waals surface area (Å²) in [5.74, 6) is 0.668. The Morgan fingerprint density at radius 3 is 2.37 bits per heavy atom. The monoisotopic (exact) mass is 265 g/mol. The summed E-state index contributed by atoms with van der Waals surface area (Å²) in [7, 11) is 2.84. The Morgan fingerprint density at radius 1 is 1.32 bits per heavy atom. The van der Waals surface area contributed by atoms with E-state index in [1.165, 1.54) is 26.4 Å². The van der Waals surface area contributed by atoms with Crippen LogP contribution in [0.15, 0.2) is 12.1 Å². The first-order valence-electron chi connectivity index (χ1n) is 5.53. The Morgan fingerprint density at radius 2 is 1.89 bits per heavy atom. The molecule has 0 bridgehead atoms. The van der Waals surface area contributed by atoms with E-state index in [9.17, 15) is 15.0 Å². The first kappa shape index (κ1) is 15.0. The second-order valence-corrected chi connectivity index (χ2v) is 3.83. The third-order valence-corrected chi connectivity index (χ3v) is 2.70. The van der Waals surface area contributed by atoms with Gasteiger partial charge in [0.15, 0.2) is 17.8 Å². The summed E-state index contributed by atoms with van der Waals surface area (Å²) < 4.78 is 10.1. The number of nitrogens with zero attached hydrogens (tertiary/aromatic N) is 1. The van der Waals surface area contributed by atoms with Crippen LogP contribution in [0.3, 0.4) is 0 Å². The molecule has 102 valence electrons. The number of carbonyl (C=O) groups is 1. The number of benzene rings is 1. The fourth-order valence-corrected chi connectivity index (χ4v) is 1.68. The van der Waals surface area contributed by atoms with E-state index < -0.39 is 12.2 Å². The summed E-state index contributed by atoms with van der Waals surface area (Å²) in [5.41, 5.74) is 0.359. The van der Waals surface area contributed by atoms with E-state index in [0.717, 1.165) is 0 Å². The molecule has 0 fully saturated rings. The van der Waals surface area contributed by atoms with Crippen molar-refractivity contribution in [3.63, 3.8) is 0 Å². The fraction of sp³-hybridized carbons (Fsp3) is 0.385. The molecule has 0 saturated heterocycles. The number of rotatable bonds is 6. The van der Waals surface area contributed by atoms with Crippen molar-refractivity contribution in [1.82, 2.24) is 0 Å². The van der Waals surface area contributed by atoms with Gasteiger partial charge in [-0.15, -0.1) is 0 Å². The Kier molecular flexibility index (Phi) is 5.30. The van der Waals surface area contributed by atoms with E-state index in [1.807, 2.05) is 0 Å². The van der Waals surface area contributed by atoms with Crippen molar-refractivity contribution in [1.29, 1.82) is 5.26 Å². The molecule has 1 aromatic rings. The van der Waals surface area contributed by atoms with Crippen LogP contribution in [0.2, 0.25) is 0 Å². The highest BCUT2D eigenvalue weighted by molar-refractivity contribution is 5.79. The van der Waals surface area contributed by atoms with Crippen LogP contribution in [0, 0.1) is 11.3 Å². The van der Waals surface area contributed by atoms with Gasteiger partial charge in [0.05, 0.1) is 32.8 Å². The predicted molar refractivity (Wildman–Crippen MR) is 66.1 cm³/mol. The average Bonchev–Trinajstić information content (AvgIpc) is 2.45. The molecule has 19 heavy (non-hydrogen) atoms. The Hall–Kier alpha value is -2.10. The molecular formula is C13H15NO5. The number of aliphatic hydroxyl groups is 2. The maximum atomic E-state index is 11.0. The van der Waals surface area contributed by atoms with Crippen LogP contribution in [-0.2, 0) is 0 Å². The van der Waals surface area contributed by atoms with Crippen LogP contribution in [0.4, 0.5) is 0 Å². The molecule has 0 saturated carbocycles. The lowest BCUT2D eigenvalue weighted by Crippen LogP contribution is -2.19. The van der Waals surface area contributed by atoms with E-state index in [2.05, 4.69) is 0 Å². The Balaban J connectivity index is 3.26. The van der Waals surface area contributed by atoms with Gasteiger partial charge in [-0.3, -0.25) is 4.79 Å². The van der Waals surface area contributed by atoms with Gasteiger partial charge in [-0.25, -0.2) is 0 Å². The topological polar surface area (TPSA) is 99.8 Å². The van der Waals surface area contributed by atoms with Crippen LogP contribution in [0.5, 0.6) is 11.5 Å². The minimum absolute atomic E-state index is 0.169. The molecule has 6 nitrogen and oxygen atoms in total. The van der Waals surface area contributed by atoms with E-state index in [4.69, 9.17) is 14.7 Å². The fourth-order valence-electron chi connectivity index (χ4n) is 1.68. The number of ether oxygens (including phenoxy) is 2. The van der Waals surface area contributed by atoms with Gasteiger partial charge in [-0.2, -0.15) is 5.26 Å². The number of aldehydes is 1. The largest absolute Gasteiger partial charge is 0.493 e. The van der Waals surface area contributed by atoms with Crippen LogP contribution in [-0.4, -0.2) is 36.8 Å². The number of carbonyl (C=O) groups excluding carboxylic acids is 1. The van der Waals surface area contributed by atoms with E-state index in [1.54, 1.807) is 6.07 Å². The maximum Gasteiger partial charge on any atom is 0.161 e. The lowest BCUT2D eigenvalue weighted by Gasteiger charge is -2.19. The van der Waals surface area contributed by atoms with Gasteiger partial charge in [0.25, 0.3) is 0 Å². The SMILES string of the molecule is COc1cc(C=O)c(C(O)C(O)CC#N)cc1OC. The quantitative estimate of drug-likeness (QED) is 0.739. The number of hydrogen-bond donors (Lipinski definition) is 2. The highest BCUT2D eigenvalue weighted by atomic mass is 16.5. The zero-order valence-electron chi connectivity index (χ0n) is 10.7. The first-order chi connectivity index (χ1) is 9.08. The van der Waals surface area contributed by atoms with E-state index in [-0.39, 0.29) is 17.5 Å². The lowest BCUT2D eigenvalue weighted by molar-refractivity contribution is 0.0211. The van der Waals surface area contributed by atoms with Gasteiger partial charge >= 0.3 is 0 Å². The molecule has 1 aromatic carbocycles. The molecular weight excluding hydrogens is 250 g/mol.